The Hall–Kier alpha value is -2.47. The minimum Gasteiger partial charge on any atom is -0.493 e. The number of nitrogens with one attached hydrogen (secondary N) is 2. The Bertz CT molecular complexity index is 674. The van der Waals surface area contributed by atoms with Crippen molar-refractivity contribution in [3.05, 3.63) is 59.9 Å². The summed E-state index contributed by atoms with van der Waals surface area (Å²) in [4.78, 5) is 0. The van der Waals surface area contributed by atoms with Gasteiger partial charge in [0.15, 0.2) is 5.11 Å². The molecule has 0 aliphatic carbocycles. The summed E-state index contributed by atoms with van der Waals surface area (Å²) in [5.41, 5.74) is 4.26. The van der Waals surface area contributed by atoms with Crippen LogP contribution in [0.25, 0.3) is 0 Å². The Morgan fingerprint density at radius 2 is 1.96 bits per heavy atom. The maximum atomic E-state index is 12.8. The molecule has 0 fully saturated rings. The zero-order chi connectivity index (χ0) is 16.5. The molecule has 2 N–H and O–H groups in total. The summed E-state index contributed by atoms with van der Waals surface area (Å²) in [5, 5.41) is 7.32. The molecule has 4 nitrogen and oxygen atoms in total. The topological polar surface area (TPSA) is 45.6 Å². The Morgan fingerprint density at radius 1 is 1.22 bits per heavy atom. The molecule has 0 saturated heterocycles. The number of benzene rings is 2. The Kier molecular flexibility index (Phi) is 6.50. The lowest BCUT2D eigenvalue weighted by Crippen LogP contribution is -2.23. The van der Waals surface area contributed by atoms with Gasteiger partial charge in [-0.1, -0.05) is 19.1 Å². The highest BCUT2D eigenvalue weighted by atomic mass is 32.1. The summed E-state index contributed by atoms with van der Waals surface area (Å²) < 4.78 is 18.5. The van der Waals surface area contributed by atoms with E-state index >= 15 is 0 Å². The first-order valence-electron chi connectivity index (χ1n) is 7.26. The number of thiocarbonyl (C=S) groups is 1. The molecule has 0 aromatic heterocycles. The maximum Gasteiger partial charge on any atom is 0.191 e. The van der Waals surface area contributed by atoms with Crippen molar-refractivity contribution in [2.75, 3.05) is 11.9 Å². The molecule has 2 aromatic rings. The van der Waals surface area contributed by atoms with E-state index in [0.29, 0.717) is 17.4 Å². The van der Waals surface area contributed by atoms with Crippen LogP contribution in [0.2, 0.25) is 0 Å². The second kappa shape index (κ2) is 8.85. The number of anilines is 1. The second-order valence-electron chi connectivity index (χ2n) is 4.72. The largest absolute Gasteiger partial charge is 0.493 e. The molecule has 2 aromatic carbocycles. The number of ether oxygens (including phenoxy) is 1. The molecular weight excluding hydrogens is 313 g/mol. The van der Waals surface area contributed by atoms with E-state index in [1.54, 1.807) is 18.3 Å². The minimum absolute atomic E-state index is 0.295. The molecule has 2 rings (SSSR count). The number of hydrazone groups is 1. The molecule has 0 radical (unpaired) electrons. The normalized spacial score (nSPS) is 10.5. The molecule has 120 valence electrons. The van der Waals surface area contributed by atoms with Gasteiger partial charge in [0.1, 0.15) is 11.6 Å². The third-order valence-corrected chi connectivity index (χ3v) is 3.05. The average Bonchev–Trinajstić information content (AvgIpc) is 2.56. The highest BCUT2D eigenvalue weighted by Gasteiger charge is 2.00. The predicted molar refractivity (Wildman–Crippen MR) is 95.6 cm³/mol. The van der Waals surface area contributed by atoms with E-state index in [1.807, 2.05) is 24.3 Å². The van der Waals surface area contributed by atoms with Gasteiger partial charge in [-0.3, -0.25) is 5.43 Å². The number of rotatable bonds is 6. The summed E-state index contributed by atoms with van der Waals surface area (Å²) in [6, 6.07) is 13.5. The summed E-state index contributed by atoms with van der Waals surface area (Å²) in [6.07, 6.45) is 2.58. The van der Waals surface area contributed by atoms with Gasteiger partial charge in [-0.25, -0.2) is 4.39 Å². The Balaban J connectivity index is 1.91. The molecule has 6 heteroatoms. The SMILES string of the molecule is CCCOc1ccccc1/C=N/NC(=S)Nc1ccc(F)cc1. The van der Waals surface area contributed by atoms with Gasteiger partial charge in [0.25, 0.3) is 0 Å². The molecule has 0 aliphatic rings. The highest BCUT2D eigenvalue weighted by Crippen LogP contribution is 2.15. The molecule has 0 spiro atoms. The molecule has 0 saturated carbocycles. The fourth-order valence-electron chi connectivity index (χ4n) is 1.78. The minimum atomic E-state index is -0.295. The van der Waals surface area contributed by atoms with Gasteiger partial charge in [0, 0.05) is 11.3 Å². The van der Waals surface area contributed by atoms with Crippen LogP contribution >= 0.6 is 12.2 Å². The molecule has 0 aliphatic heterocycles. The number of hydrogen-bond donors (Lipinski definition) is 2. The standard InChI is InChI=1S/C17H18FN3OS/c1-2-11-22-16-6-4-3-5-13(16)12-19-21-17(23)20-15-9-7-14(18)8-10-15/h3-10,12H,2,11H2,1H3,(H2,20,21,23)/b19-12+. The van der Waals surface area contributed by atoms with Crippen molar-refractivity contribution < 1.29 is 9.13 Å². The van der Waals surface area contributed by atoms with Crippen molar-refractivity contribution in [1.82, 2.24) is 5.43 Å². The molecule has 0 heterocycles. The van der Waals surface area contributed by atoms with E-state index < -0.39 is 0 Å². The van der Waals surface area contributed by atoms with Gasteiger partial charge in [-0.2, -0.15) is 5.10 Å². The van der Waals surface area contributed by atoms with Crippen LogP contribution in [-0.4, -0.2) is 17.9 Å². The van der Waals surface area contributed by atoms with Crippen molar-refractivity contribution in [2.24, 2.45) is 5.10 Å². The Morgan fingerprint density at radius 3 is 2.70 bits per heavy atom. The van der Waals surface area contributed by atoms with Gasteiger partial charge in [-0.05, 0) is 55.0 Å². The molecule has 0 bridgehead atoms. The molecular formula is C17H18FN3OS. The van der Waals surface area contributed by atoms with Crippen LogP contribution in [-0.2, 0) is 0 Å². The van der Waals surface area contributed by atoms with Crippen LogP contribution < -0.4 is 15.5 Å². The maximum absolute atomic E-state index is 12.8. The van der Waals surface area contributed by atoms with E-state index in [-0.39, 0.29) is 5.82 Å². The second-order valence-corrected chi connectivity index (χ2v) is 5.13. The lowest BCUT2D eigenvalue weighted by atomic mass is 10.2. The van der Waals surface area contributed by atoms with E-state index in [4.69, 9.17) is 17.0 Å². The number of hydrogen-bond acceptors (Lipinski definition) is 3. The van der Waals surface area contributed by atoms with E-state index in [2.05, 4.69) is 22.8 Å². The highest BCUT2D eigenvalue weighted by molar-refractivity contribution is 7.80. The lowest BCUT2D eigenvalue weighted by molar-refractivity contribution is 0.317. The summed E-state index contributed by atoms with van der Waals surface area (Å²) in [5.74, 6) is 0.480. The van der Waals surface area contributed by atoms with Crippen LogP contribution in [0.15, 0.2) is 53.6 Å². The van der Waals surface area contributed by atoms with Crippen LogP contribution in [0.3, 0.4) is 0 Å². The van der Waals surface area contributed by atoms with Crippen LogP contribution in [0.4, 0.5) is 10.1 Å². The molecule has 23 heavy (non-hydrogen) atoms. The first-order valence-corrected chi connectivity index (χ1v) is 7.67. The smallest absolute Gasteiger partial charge is 0.191 e. The quantitative estimate of drug-likeness (QED) is 0.478. The van der Waals surface area contributed by atoms with Gasteiger partial charge in [-0.15, -0.1) is 0 Å². The van der Waals surface area contributed by atoms with Crippen molar-refractivity contribution in [3.8, 4) is 5.75 Å². The van der Waals surface area contributed by atoms with Gasteiger partial charge in [0.05, 0.1) is 12.8 Å². The third-order valence-electron chi connectivity index (χ3n) is 2.85. The van der Waals surface area contributed by atoms with Crippen LogP contribution in [0.5, 0.6) is 5.75 Å². The molecule has 0 unspecified atom stereocenters. The lowest BCUT2D eigenvalue weighted by Gasteiger charge is -2.08. The van der Waals surface area contributed by atoms with Gasteiger partial charge in [0.2, 0.25) is 0 Å². The average molecular weight is 331 g/mol. The Labute approximate surface area is 140 Å². The van der Waals surface area contributed by atoms with Crippen molar-refractivity contribution >= 4 is 29.2 Å². The summed E-state index contributed by atoms with van der Waals surface area (Å²) >= 11 is 5.13. The van der Waals surface area contributed by atoms with Crippen LogP contribution in [0, 0.1) is 5.82 Å². The number of para-hydroxylation sites is 1. The van der Waals surface area contributed by atoms with Crippen molar-refractivity contribution in [3.63, 3.8) is 0 Å². The van der Waals surface area contributed by atoms with Crippen LogP contribution in [0.1, 0.15) is 18.9 Å². The molecule has 0 amide bonds. The van der Waals surface area contributed by atoms with E-state index in [9.17, 15) is 4.39 Å². The van der Waals surface area contributed by atoms with Crippen molar-refractivity contribution in [2.45, 2.75) is 13.3 Å². The number of halogens is 1. The third kappa shape index (κ3) is 5.67. The molecule has 0 atom stereocenters. The fourth-order valence-corrected chi connectivity index (χ4v) is 1.95. The van der Waals surface area contributed by atoms with E-state index in [1.165, 1.54) is 12.1 Å². The fraction of sp³-hybridized carbons (Fsp3) is 0.176. The van der Waals surface area contributed by atoms with Gasteiger partial charge >= 0.3 is 0 Å². The number of nitrogens with zero attached hydrogens (tertiary/aromatic N) is 1. The first-order chi connectivity index (χ1) is 11.2. The van der Waals surface area contributed by atoms with Gasteiger partial charge < -0.3 is 10.1 Å². The first kappa shape index (κ1) is 16.9. The van der Waals surface area contributed by atoms with E-state index in [0.717, 1.165) is 17.7 Å². The summed E-state index contributed by atoms with van der Waals surface area (Å²) in [7, 11) is 0. The predicted octanol–water partition coefficient (Wildman–Crippen LogP) is 3.94. The zero-order valence-electron chi connectivity index (χ0n) is 12.8. The van der Waals surface area contributed by atoms with Crippen molar-refractivity contribution in [1.29, 1.82) is 0 Å². The zero-order valence-corrected chi connectivity index (χ0v) is 13.6. The summed E-state index contributed by atoms with van der Waals surface area (Å²) in [6.45, 7) is 2.71. The monoisotopic (exact) mass is 331 g/mol.